The van der Waals surface area contributed by atoms with E-state index in [2.05, 4.69) is 61.8 Å². The van der Waals surface area contributed by atoms with Gasteiger partial charge in [-0.3, -0.25) is 0 Å². The number of fused-ring (bicyclic) bond motifs is 1. The first-order chi connectivity index (χ1) is 10.1. The van der Waals surface area contributed by atoms with Crippen LogP contribution in [-0.4, -0.2) is 16.1 Å². The Kier molecular flexibility index (Phi) is 3.85. The zero-order valence-corrected chi connectivity index (χ0v) is 13.5. The Morgan fingerprint density at radius 3 is 2.67 bits per heavy atom. The van der Waals surface area contributed by atoms with Crippen molar-refractivity contribution in [1.29, 1.82) is 0 Å². The van der Waals surface area contributed by atoms with Crippen molar-refractivity contribution in [1.82, 2.24) is 14.9 Å². The number of hydrogen-bond donors (Lipinski definition) is 1. The van der Waals surface area contributed by atoms with Crippen LogP contribution in [0.3, 0.4) is 0 Å². The SMILES string of the molecule is CC(C)c1cccc(-n2c(C(C)C)nc3c2CCNC3)c1. The molecule has 3 heteroatoms. The van der Waals surface area contributed by atoms with Gasteiger partial charge in [0.05, 0.1) is 5.69 Å². The second kappa shape index (κ2) is 5.64. The maximum atomic E-state index is 4.90. The predicted molar refractivity (Wildman–Crippen MR) is 87.2 cm³/mol. The van der Waals surface area contributed by atoms with Crippen LogP contribution in [0.4, 0.5) is 0 Å². The van der Waals surface area contributed by atoms with Crippen LogP contribution in [0.25, 0.3) is 5.69 Å². The first-order valence-corrected chi connectivity index (χ1v) is 7.99. The van der Waals surface area contributed by atoms with Crippen molar-refractivity contribution in [2.45, 2.75) is 52.5 Å². The Morgan fingerprint density at radius 1 is 1.14 bits per heavy atom. The molecule has 0 radical (unpaired) electrons. The molecular formula is C18H25N3. The van der Waals surface area contributed by atoms with Gasteiger partial charge in [-0.1, -0.05) is 39.8 Å². The third-order valence-electron chi connectivity index (χ3n) is 4.22. The average Bonchev–Trinajstić information content (AvgIpc) is 2.87. The summed E-state index contributed by atoms with van der Waals surface area (Å²) in [7, 11) is 0. The highest BCUT2D eigenvalue weighted by Gasteiger charge is 2.22. The third-order valence-corrected chi connectivity index (χ3v) is 4.22. The van der Waals surface area contributed by atoms with Crippen molar-refractivity contribution >= 4 is 0 Å². The highest BCUT2D eigenvalue weighted by atomic mass is 15.1. The van der Waals surface area contributed by atoms with E-state index in [4.69, 9.17) is 4.98 Å². The van der Waals surface area contributed by atoms with E-state index in [9.17, 15) is 0 Å². The van der Waals surface area contributed by atoms with E-state index in [0.29, 0.717) is 11.8 Å². The van der Waals surface area contributed by atoms with E-state index in [1.54, 1.807) is 0 Å². The lowest BCUT2D eigenvalue weighted by Crippen LogP contribution is -2.24. The minimum absolute atomic E-state index is 0.429. The molecule has 3 nitrogen and oxygen atoms in total. The van der Waals surface area contributed by atoms with Gasteiger partial charge in [0.25, 0.3) is 0 Å². The second-order valence-corrected chi connectivity index (χ2v) is 6.53. The number of aromatic nitrogens is 2. The Labute approximate surface area is 127 Å². The van der Waals surface area contributed by atoms with Gasteiger partial charge in [-0.2, -0.15) is 0 Å². The van der Waals surface area contributed by atoms with Gasteiger partial charge in [0.2, 0.25) is 0 Å². The standard InChI is InChI=1S/C18H25N3/c1-12(2)14-6-5-7-15(10-14)21-17-8-9-19-11-16(17)20-18(21)13(3)4/h5-7,10,12-13,19H,8-9,11H2,1-4H3. The maximum Gasteiger partial charge on any atom is 0.116 e. The fourth-order valence-electron chi connectivity index (χ4n) is 3.03. The average molecular weight is 283 g/mol. The first kappa shape index (κ1) is 14.3. The Hall–Kier alpha value is -1.61. The molecule has 0 fully saturated rings. The fraction of sp³-hybridized carbons (Fsp3) is 0.500. The zero-order valence-electron chi connectivity index (χ0n) is 13.5. The molecule has 0 amide bonds. The fourth-order valence-corrected chi connectivity index (χ4v) is 3.03. The van der Waals surface area contributed by atoms with Crippen molar-refractivity contribution in [2.75, 3.05) is 6.54 Å². The van der Waals surface area contributed by atoms with Crippen LogP contribution >= 0.6 is 0 Å². The van der Waals surface area contributed by atoms with Crippen LogP contribution in [0.2, 0.25) is 0 Å². The maximum absolute atomic E-state index is 4.90. The van der Waals surface area contributed by atoms with Crippen LogP contribution in [0.15, 0.2) is 24.3 Å². The highest BCUT2D eigenvalue weighted by Crippen LogP contribution is 2.27. The van der Waals surface area contributed by atoms with E-state index in [1.807, 2.05) is 0 Å². The molecule has 0 bridgehead atoms. The molecule has 0 saturated heterocycles. The van der Waals surface area contributed by atoms with Gasteiger partial charge >= 0.3 is 0 Å². The summed E-state index contributed by atoms with van der Waals surface area (Å²) in [6, 6.07) is 8.92. The highest BCUT2D eigenvalue weighted by molar-refractivity contribution is 5.42. The molecule has 0 saturated carbocycles. The summed E-state index contributed by atoms with van der Waals surface area (Å²) in [6.45, 7) is 10.9. The normalized spacial score (nSPS) is 14.8. The summed E-state index contributed by atoms with van der Waals surface area (Å²) in [4.78, 5) is 4.90. The third kappa shape index (κ3) is 2.62. The van der Waals surface area contributed by atoms with Crippen molar-refractivity contribution < 1.29 is 0 Å². The van der Waals surface area contributed by atoms with Crippen molar-refractivity contribution in [3.63, 3.8) is 0 Å². The summed E-state index contributed by atoms with van der Waals surface area (Å²) < 4.78 is 2.40. The number of hydrogen-bond acceptors (Lipinski definition) is 2. The molecule has 0 unspecified atom stereocenters. The minimum atomic E-state index is 0.429. The summed E-state index contributed by atoms with van der Waals surface area (Å²) in [5.41, 5.74) is 5.26. The molecule has 21 heavy (non-hydrogen) atoms. The Morgan fingerprint density at radius 2 is 1.95 bits per heavy atom. The van der Waals surface area contributed by atoms with Crippen LogP contribution in [0, 0.1) is 0 Å². The smallest absolute Gasteiger partial charge is 0.116 e. The molecule has 1 aliphatic heterocycles. The van der Waals surface area contributed by atoms with Gasteiger partial charge in [-0.15, -0.1) is 0 Å². The van der Waals surface area contributed by atoms with Crippen LogP contribution < -0.4 is 5.32 Å². The lowest BCUT2D eigenvalue weighted by molar-refractivity contribution is 0.619. The monoisotopic (exact) mass is 283 g/mol. The number of imidazole rings is 1. The van der Waals surface area contributed by atoms with E-state index < -0.39 is 0 Å². The molecule has 2 aromatic rings. The van der Waals surface area contributed by atoms with Gasteiger partial charge in [-0.05, 0) is 23.6 Å². The molecule has 0 spiro atoms. The summed E-state index contributed by atoms with van der Waals surface area (Å²) in [5.74, 6) is 2.16. The topological polar surface area (TPSA) is 29.9 Å². The van der Waals surface area contributed by atoms with Gasteiger partial charge in [-0.25, -0.2) is 4.98 Å². The quantitative estimate of drug-likeness (QED) is 0.929. The number of rotatable bonds is 3. The molecular weight excluding hydrogens is 258 g/mol. The second-order valence-electron chi connectivity index (χ2n) is 6.53. The van der Waals surface area contributed by atoms with E-state index in [-0.39, 0.29) is 0 Å². The zero-order chi connectivity index (χ0) is 15.0. The van der Waals surface area contributed by atoms with Crippen molar-refractivity contribution in [3.8, 4) is 5.69 Å². The van der Waals surface area contributed by atoms with Gasteiger partial charge in [0.15, 0.2) is 0 Å². The van der Waals surface area contributed by atoms with Gasteiger partial charge in [0, 0.05) is 36.8 Å². The minimum Gasteiger partial charge on any atom is -0.311 e. The largest absolute Gasteiger partial charge is 0.311 e. The van der Waals surface area contributed by atoms with E-state index in [0.717, 1.165) is 19.5 Å². The molecule has 0 atom stereocenters. The van der Waals surface area contributed by atoms with Crippen LogP contribution in [-0.2, 0) is 13.0 Å². The van der Waals surface area contributed by atoms with Gasteiger partial charge < -0.3 is 9.88 Å². The Bertz CT molecular complexity index is 638. The van der Waals surface area contributed by atoms with E-state index in [1.165, 1.54) is 28.5 Å². The summed E-state index contributed by atoms with van der Waals surface area (Å²) in [6.07, 6.45) is 1.06. The lowest BCUT2D eigenvalue weighted by Gasteiger charge is -2.18. The molecule has 1 aromatic carbocycles. The molecule has 2 heterocycles. The van der Waals surface area contributed by atoms with Gasteiger partial charge in [0.1, 0.15) is 5.82 Å². The Balaban J connectivity index is 2.16. The van der Waals surface area contributed by atoms with E-state index >= 15 is 0 Å². The summed E-state index contributed by atoms with van der Waals surface area (Å²) in [5, 5.41) is 3.43. The molecule has 0 aliphatic carbocycles. The predicted octanol–water partition coefficient (Wildman–Crippen LogP) is 3.76. The molecule has 1 aliphatic rings. The molecule has 112 valence electrons. The number of nitrogens with one attached hydrogen (secondary N) is 1. The van der Waals surface area contributed by atoms with Crippen molar-refractivity contribution in [3.05, 3.63) is 47.0 Å². The first-order valence-electron chi connectivity index (χ1n) is 7.99. The van der Waals surface area contributed by atoms with Crippen LogP contribution in [0.5, 0.6) is 0 Å². The molecule has 1 aromatic heterocycles. The van der Waals surface area contributed by atoms with Crippen molar-refractivity contribution in [2.24, 2.45) is 0 Å². The number of nitrogens with zero attached hydrogens (tertiary/aromatic N) is 2. The molecule has 1 N–H and O–H groups in total. The summed E-state index contributed by atoms with van der Waals surface area (Å²) >= 11 is 0. The van der Waals surface area contributed by atoms with Crippen LogP contribution in [0.1, 0.15) is 62.3 Å². The lowest BCUT2D eigenvalue weighted by atomic mass is 10.0. The number of benzene rings is 1. The molecule has 3 rings (SSSR count).